The first kappa shape index (κ1) is 33.0. The van der Waals surface area contributed by atoms with Gasteiger partial charge < -0.3 is 14.8 Å². The van der Waals surface area contributed by atoms with Crippen molar-refractivity contribution < 1.29 is 28.7 Å². The van der Waals surface area contributed by atoms with Crippen LogP contribution in [-0.2, 0) is 24.6 Å². The van der Waals surface area contributed by atoms with Crippen molar-refractivity contribution in [3.05, 3.63) is 108 Å². The quantitative estimate of drug-likeness (QED) is 0.232. The molecular weight excluding hydrogens is 664 g/mol. The average molecular weight is 701 g/mol. The molecule has 0 spiro atoms. The van der Waals surface area contributed by atoms with E-state index in [-0.39, 0.29) is 36.4 Å². The number of amides is 4. The van der Waals surface area contributed by atoms with Gasteiger partial charge in [-0.05, 0) is 54.0 Å². The lowest BCUT2D eigenvalue weighted by Crippen LogP contribution is -2.54. The molecular formula is C38H36N8O6. The first-order chi connectivity index (χ1) is 25.1. The number of ether oxygens (including phenoxy) is 2. The lowest BCUT2D eigenvalue weighted by atomic mass is 9.78. The van der Waals surface area contributed by atoms with Gasteiger partial charge in [0.1, 0.15) is 23.6 Å². The van der Waals surface area contributed by atoms with Gasteiger partial charge in [-0.2, -0.15) is 15.2 Å². The average Bonchev–Trinajstić information content (AvgIpc) is 3.75. The molecule has 8 rings (SSSR count). The number of carbonyl (C=O) groups is 4. The fraction of sp³-hybridized carbons (Fsp3) is 0.316. The number of piperidine rings is 1. The molecule has 4 aliphatic rings. The minimum Gasteiger partial charge on any atom is -0.490 e. The van der Waals surface area contributed by atoms with Crippen molar-refractivity contribution in [1.82, 2.24) is 40.5 Å². The molecule has 3 fully saturated rings. The third kappa shape index (κ3) is 6.31. The zero-order chi connectivity index (χ0) is 36.0. The highest BCUT2D eigenvalue weighted by atomic mass is 16.5. The minimum absolute atomic E-state index is 0.0445. The van der Waals surface area contributed by atoms with Crippen LogP contribution in [0.4, 0.5) is 0 Å². The van der Waals surface area contributed by atoms with Crippen LogP contribution in [-0.4, -0.2) is 71.7 Å². The molecule has 2 aliphatic carbocycles. The zero-order valence-electron chi connectivity index (χ0n) is 28.5. The van der Waals surface area contributed by atoms with Crippen molar-refractivity contribution in [1.29, 1.82) is 0 Å². The highest BCUT2D eigenvalue weighted by Crippen LogP contribution is 2.37. The summed E-state index contributed by atoms with van der Waals surface area (Å²) in [6, 6.07) is 17.1. The molecule has 14 heteroatoms. The molecule has 4 aromatic rings. The molecule has 52 heavy (non-hydrogen) atoms. The van der Waals surface area contributed by atoms with Gasteiger partial charge in [-0.3, -0.25) is 29.4 Å². The van der Waals surface area contributed by atoms with Crippen LogP contribution in [0.25, 0.3) is 5.82 Å². The summed E-state index contributed by atoms with van der Waals surface area (Å²) in [5, 5.41) is 13.9. The molecule has 4 amide bonds. The summed E-state index contributed by atoms with van der Waals surface area (Å²) >= 11 is 0. The van der Waals surface area contributed by atoms with E-state index in [4.69, 9.17) is 9.47 Å². The largest absolute Gasteiger partial charge is 0.490 e. The van der Waals surface area contributed by atoms with Crippen LogP contribution in [0.5, 0.6) is 17.5 Å². The molecule has 2 aromatic heterocycles. The van der Waals surface area contributed by atoms with Crippen LogP contribution >= 0.6 is 0 Å². The van der Waals surface area contributed by atoms with Crippen molar-refractivity contribution in [3.8, 4) is 23.3 Å². The van der Waals surface area contributed by atoms with E-state index in [1.54, 1.807) is 36.8 Å². The summed E-state index contributed by atoms with van der Waals surface area (Å²) in [4.78, 5) is 61.2. The molecule has 264 valence electrons. The number of aromatic nitrogens is 5. The number of allylic oxidation sites excluding steroid dienone is 1. The first-order valence-electron chi connectivity index (χ1n) is 17.2. The normalized spacial score (nSPS) is 24.2. The van der Waals surface area contributed by atoms with E-state index in [2.05, 4.69) is 56.8 Å². The third-order valence-electron chi connectivity index (χ3n) is 10.2. The molecule has 0 unspecified atom stereocenters. The standard InChI is InChI=1S/C38H36N8O6/c1-38(2,23-5-10-27(11-6-23)52-37-39-16-15-32(43-37)46-40-17-18-41-46)22-3-8-26(9-4-22)51-28-19-25(20-28)42-24-7-12-29-30(21-24)36(50)45(35(29)49)31-13-14-33(47)44-34(31)48/h3-12,15-18,21,25,28-31,42H,13-14,19-20H2,1-2H3,(H,44,47,48)/t25?,28?,29-,30-,31-/m1/s1. The molecule has 2 saturated heterocycles. The minimum atomic E-state index is -0.948. The van der Waals surface area contributed by atoms with E-state index in [9.17, 15) is 19.2 Å². The topological polar surface area (TPSA) is 171 Å². The predicted octanol–water partition coefficient (Wildman–Crippen LogP) is 3.54. The number of rotatable bonds is 10. The van der Waals surface area contributed by atoms with E-state index in [0.717, 1.165) is 40.3 Å². The van der Waals surface area contributed by atoms with Gasteiger partial charge in [0.2, 0.25) is 23.6 Å². The molecule has 0 bridgehead atoms. The number of hydrogen-bond donors (Lipinski definition) is 2. The Morgan fingerprint density at radius 2 is 1.52 bits per heavy atom. The van der Waals surface area contributed by atoms with E-state index < -0.39 is 41.5 Å². The number of nitrogens with one attached hydrogen (secondary N) is 2. The Kier molecular flexibility index (Phi) is 8.36. The Hall–Kier alpha value is -6.18. The zero-order valence-corrected chi connectivity index (χ0v) is 28.5. The predicted molar refractivity (Wildman–Crippen MR) is 185 cm³/mol. The van der Waals surface area contributed by atoms with Crippen molar-refractivity contribution in [2.45, 2.75) is 63.1 Å². The van der Waals surface area contributed by atoms with Gasteiger partial charge in [0.05, 0.1) is 24.2 Å². The van der Waals surface area contributed by atoms with Crippen LogP contribution in [0, 0.1) is 11.8 Å². The summed E-state index contributed by atoms with van der Waals surface area (Å²) in [7, 11) is 0. The SMILES string of the molecule is CC(C)(c1ccc(Oc2nccc(-n3nccn3)n2)cc1)c1ccc(OC2CC(NC3=C[C@H]4C(=O)N([C@@H]5CCC(=O)NC5=O)C(=O)[C@@H]4C=C3)C2)cc1. The highest BCUT2D eigenvalue weighted by molar-refractivity contribution is 6.12. The van der Waals surface area contributed by atoms with Crippen LogP contribution in [0.3, 0.4) is 0 Å². The van der Waals surface area contributed by atoms with E-state index in [1.807, 2.05) is 42.5 Å². The van der Waals surface area contributed by atoms with Crippen molar-refractivity contribution in [2.24, 2.45) is 11.8 Å². The van der Waals surface area contributed by atoms with Gasteiger partial charge in [0.15, 0.2) is 5.82 Å². The van der Waals surface area contributed by atoms with Gasteiger partial charge in [-0.25, -0.2) is 4.98 Å². The number of imide groups is 2. The Bertz CT molecular complexity index is 2090. The van der Waals surface area contributed by atoms with Crippen molar-refractivity contribution >= 4 is 23.6 Å². The fourth-order valence-electron chi connectivity index (χ4n) is 7.10. The second-order valence-corrected chi connectivity index (χ2v) is 13.9. The summed E-state index contributed by atoms with van der Waals surface area (Å²) in [5.41, 5.74) is 2.74. The molecule has 2 N–H and O–H groups in total. The van der Waals surface area contributed by atoms with Gasteiger partial charge in [-0.15, -0.1) is 4.80 Å². The number of hydrogen-bond acceptors (Lipinski definition) is 11. The number of benzene rings is 2. The number of fused-ring (bicyclic) bond motifs is 1. The molecule has 14 nitrogen and oxygen atoms in total. The Labute approximate surface area is 298 Å². The molecule has 4 heterocycles. The van der Waals surface area contributed by atoms with E-state index in [1.165, 1.54) is 4.80 Å². The van der Waals surface area contributed by atoms with Crippen LogP contribution in [0.15, 0.2) is 97.1 Å². The van der Waals surface area contributed by atoms with Crippen LogP contribution in [0.2, 0.25) is 0 Å². The van der Waals surface area contributed by atoms with Gasteiger partial charge in [-0.1, -0.05) is 44.2 Å². The monoisotopic (exact) mass is 700 g/mol. The van der Waals surface area contributed by atoms with Gasteiger partial charge in [0, 0.05) is 48.7 Å². The number of carbonyl (C=O) groups excluding carboxylic acids is 4. The highest BCUT2D eigenvalue weighted by Gasteiger charge is 2.51. The Balaban J connectivity index is 0.830. The smallest absolute Gasteiger partial charge is 0.324 e. The second kappa shape index (κ2) is 13.2. The molecule has 1 saturated carbocycles. The first-order valence-corrected chi connectivity index (χ1v) is 17.2. The maximum Gasteiger partial charge on any atom is 0.324 e. The van der Waals surface area contributed by atoms with Gasteiger partial charge >= 0.3 is 6.01 Å². The van der Waals surface area contributed by atoms with Crippen molar-refractivity contribution in [2.75, 3.05) is 0 Å². The molecule has 2 aromatic carbocycles. The number of nitrogens with zero attached hydrogens (tertiary/aromatic N) is 6. The Morgan fingerprint density at radius 3 is 2.21 bits per heavy atom. The molecule has 0 radical (unpaired) electrons. The van der Waals surface area contributed by atoms with Crippen LogP contribution < -0.4 is 20.1 Å². The van der Waals surface area contributed by atoms with Crippen LogP contribution in [0.1, 0.15) is 50.7 Å². The van der Waals surface area contributed by atoms with E-state index in [0.29, 0.717) is 11.6 Å². The molecule has 2 aliphatic heterocycles. The Morgan fingerprint density at radius 1 is 0.846 bits per heavy atom. The maximum atomic E-state index is 13.2. The summed E-state index contributed by atoms with van der Waals surface area (Å²) in [6.45, 7) is 4.34. The maximum absolute atomic E-state index is 13.2. The summed E-state index contributed by atoms with van der Waals surface area (Å²) in [6.07, 6.45) is 11.9. The van der Waals surface area contributed by atoms with Crippen molar-refractivity contribution in [3.63, 3.8) is 0 Å². The third-order valence-corrected chi connectivity index (χ3v) is 10.2. The number of likely N-dealkylation sites (tertiary alicyclic amines) is 1. The fourth-order valence-corrected chi connectivity index (χ4v) is 7.10. The lowest BCUT2D eigenvalue weighted by molar-refractivity contribution is -0.151. The summed E-state index contributed by atoms with van der Waals surface area (Å²) < 4.78 is 12.2. The summed E-state index contributed by atoms with van der Waals surface area (Å²) in [5.74, 6) is -1.19. The van der Waals surface area contributed by atoms with E-state index >= 15 is 0 Å². The van der Waals surface area contributed by atoms with Gasteiger partial charge in [0.25, 0.3) is 0 Å². The molecule has 3 atom stereocenters. The second-order valence-electron chi connectivity index (χ2n) is 13.9. The lowest BCUT2D eigenvalue weighted by Gasteiger charge is -2.37.